The molecular weight excluding hydrogens is 626 g/mol. The molecule has 254 valence electrons. The SMILES string of the molecule is Cc1cc([C@H](C(=O)N2C[C@H](O)C[C@H]2C(=O)NCc2ccc(-c3scnc3C)cc2OCCO[C@@H]2C[C@@H](C(=O)O)N(C)C2)C(C)C)on1. The molecule has 2 aliphatic heterocycles. The van der Waals surface area contributed by atoms with Gasteiger partial charge in [-0.3, -0.25) is 19.3 Å². The van der Waals surface area contributed by atoms with Crippen LogP contribution in [-0.2, 0) is 25.7 Å². The van der Waals surface area contributed by atoms with E-state index in [-0.39, 0.29) is 56.6 Å². The maximum absolute atomic E-state index is 13.8. The summed E-state index contributed by atoms with van der Waals surface area (Å²) in [7, 11) is 1.77. The van der Waals surface area contributed by atoms with Crippen LogP contribution in [0.5, 0.6) is 5.75 Å². The van der Waals surface area contributed by atoms with Gasteiger partial charge in [-0.05, 0) is 38.4 Å². The number of carboxylic acids is 1. The lowest BCUT2D eigenvalue weighted by Gasteiger charge is -2.28. The van der Waals surface area contributed by atoms with Crippen LogP contribution in [0, 0.1) is 19.8 Å². The van der Waals surface area contributed by atoms with Crippen molar-refractivity contribution in [2.45, 2.75) is 77.3 Å². The quantitative estimate of drug-likeness (QED) is 0.229. The molecule has 0 spiro atoms. The van der Waals surface area contributed by atoms with Crippen molar-refractivity contribution in [3.05, 3.63) is 52.5 Å². The first-order chi connectivity index (χ1) is 22.4. The van der Waals surface area contributed by atoms with Gasteiger partial charge in [-0.2, -0.15) is 0 Å². The fourth-order valence-corrected chi connectivity index (χ4v) is 7.14. The smallest absolute Gasteiger partial charge is 0.321 e. The number of carboxylic acid groups (broad SMARTS) is 1. The van der Waals surface area contributed by atoms with Crippen molar-refractivity contribution >= 4 is 29.1 Å². The Hall–Kier alpha value is -3.85. The Morgan fingerprint density at radius 3 is 2.55 bits per heavy atom. The number of ether oxygens (including phenoxy) is 2. The minimum absolute atomic E-state index is 0.0501. The van der Waals surface area contributed by atoms with Crippen molar-refractivity contribution in [1.82, 2.24) is 25.3 Å². The molecule has 2 amide bonds. The Kier molecular flexibility index (Phi) is 11.0. The van der Waals surface area contributed by atoms with Gasteiger partial charge >= 0.3 is 5.97 Å². The number of nitrogens with zero attached hydrogens (tertiary/aromatic N) is 4. The molecule has 3 N–H and O–H groups in total. The molecule has 0 aliphatic carbocycles. The summed E-state index contributed by atoms with van der Waals surface area (Å²) in [5.74, 6) is -1.28. The van der Waals surface area contributed by atoms with Gasteiger partial charge in [-0.1, -0.05) is 31.1 Å². The largest absolute Gasteiger partial charge is 0.491 e. The molecule has 47 heavy (non-hydrogen) atoms. The highest BCUT2D eigenvalue weighted by Crippen LogP contribution is 2.33. The van der Waals surface area contributed by atoms with Gasteiger partial charge in [0.05, 0.1) is 40.6 Å². The second-order valence-electron chi connectivity index (χ2n) is 12.7. The van der Waals surface area contributed by atoms with Gasteiger partial charge in [-0.15, -0.1) is 11.3 Å². The number of thiazole rings is 1. The molecule has 5 atom stereocenters. The molecule has 0 radical (unpaired) electrons. The minimum Gasteiger partial charge on any atom is -0.491 e. The zero-order chi connectivity index (χ0) is 33.8. The van der Waals surface area contributed by atoms with Crippen molar-refractivity contribution in [1.29, 1.82) is 0 Å². The van der Waals surface area contributed by atoms with Crippen LogP contribution in [0.25, 0.3) is 10.4 Å². The molecule has 0 saturated carbocycles. The zero-order valence-electron chi connectivity index (χ0n) is 27.3. The van der Waals surface area contributed by atoms with E-state index in [0.29, 0.717) is 30.2 Å². The fraction of sp³-hybridized carbons (Fsp3) is 0.545. The number of aliphatic hydroxyl groups excluding tert-OH is 1. The summed E-state index contributed by atoms with van der Waals surface area (Å²) < 4.78 is 17.5. The van der Waals surface area contributed by atoms with E-state index in [1.165, 1.54) is 16.2 Å². The maximum atomic E-state index is 13.8. The van der Waals surface area contributed by atoms with Crippen LogP contribution in [0.4, 0.5) is 0 Å². The van der Waals surface area contributed by atoms with Crippen LogP contribution in [0.1, 0.15) is 55.3 Å². The number of likely N-dealkylation sites (N-methyl/N-ethyl adjacent to an activating group) is 1. The normalized spacial score (nSPS) is 22.1. The number of likely N-dealkylation sites (tertiary alicyclic amines) is 2. The Morgan fingerprint density at radius 2 is 1.91 bits per heavy atom. The zero-order valence-corrected chi connectivity index (χ0v) is 28.2. The average molecular weight is 670 g/mol. The number of hydrogen-bond acceptors (Lipinski definition) is 11. The third-order valence-corrected chi connectivity index (χ3v) is 9.75. The number of β-amino-alcohol motifs (C(OH)–C–C–N with tert-alkyl or cyclic N) is 1. The van der Waals surface area contributed by atoms with Crippen LogP contribution in [0.2, 0.25) is 0 Å². The standard InChI is InChI=1S/C33H43N5O8S/c1-18(2)29(28-10-19(3)36-46-28)32(41)38-15-23(39)12-25(38)31(40)34-14-22-7-6-21(30-20(4)35-17-47-30)11-27(22)45-9-8-44-24-13-26(33(42)43)37(5)16-24/h6-7,10-11,17-18,23-26,29,39H,8-9,12-16H2,1-5H3,(H,34,40)(H,42,43)/t23-,24-,25+,26+,29-/m1/s1. The summed E-state index contributed by atoms with van der Waals surface area (Å²) in [4.78, 5) is 47.3. The van der Waals surface area contributed by atoms with Gasteiger partial charge in [0.1, 0.15) is 36.1 Å². The van der Waals surface area contributed by atoms with Gasteiger partial charge in [0, 0.05) is 44.1 Å². The monoisotopic (exact) mass is 669 g/mol. The highest BCUT2D eigenvalue weighted by Gasteiger charge is 2.43. The van der Waals surface area contributed by atoms with E-state index in [1.54, 1.807) is 30.4 Å². The van der Waals surface area contributed by atoms with E-state index < -0.39 is 30.1 Å². The molecule has 13 nitrogen and oxygen atoms in total. The first-order valence-electron chi connectivity index (χ1n) is 15.8. The molecule has 1 aromatic carbocycles. The molecule has 3 aromatic rings. The number of amides is 2. The number of carbonyl (C=O) groups excluding carboxylic acids is 2. The number of benzene rings is 1. The van der Waals surface area contributed by atoms with Gasteiger partial charge in [0.25, 0.3) is 0 Å². The lowest BCUT2D eigenvalue weighted by atomic mass is 9.91. The predicted octanol–water partition coefficient (Wildman–Crippen LogP) is 2.99. The molecule has 2 saturated heterocycles. The number of aliphatic hydroxyl groups is 1. The van der Waals surface area contributed by atoms with Crippen LogP contribution in [-0.4, -0.2) is 106 Å². The number of rotatable bonds is 13. The fourth-order valence-electron chi connectivity index (χ4n) is 6.33. The van der Waals surface area contributed by atoms with Crippen molar-refractivity contribution in [2.75, 3.05) is 33.4 Å². The summed E-state index contributed by atoms with van der Waals surface area (Å²) in [6.07, 6.45) is -0.494. The molecule has 5 rings (SSSR count). The number of aromatic nitrogens is 2. The van der Waals surface area contributed by atoms with Crippen LogP contribution >= 0.6 is 11.3 Å². The van der Waals surface area contributed by atoms with Gasteiger partial charge in [-0.25, -0.2) is 4.98 Å². The van der Waals surface area contributed by atoms with Crippen LogP contribution in [0.15, 0.2) is 34.3 Å². The van der Waals surface area contributed by atoms with Gasteiger partial charge < -0.3 is 34.4 Å². The summed E-state index contributed by atoms with van der Waals surface area (Å²) in [5, 5.41) is 26.8. The average Bonchev–Trinajstić information content (AvgIpc) is 3.82. The predicted molar refractivity (Wildman–Crippen MR) is 173 cm³/mol. The van der Waals surface area contributed by atoms with Crippen molar-refractivity contribution in [3.63, 3.8) is 0 Å². The molecule has 0 unspecified atom stereocenters. The lowest BCUT2D eigenvalue weighted by molar-refractivity contribution is -0.141. The molecule has 2 aliphatic rings. The third kappa shape index (κ3) is 8.00. The number of carbonyl (C=O) groups is 3. The summed E-state index contributed by atoms with van der Waals surface area (Å²) in [6, 6.07) is 6.07. The Labute approximate surface area is 277 Å². The highest BCUT2D eigenvalue weighted by molar-refractivity contribution is 7.13. The summed E-state index contributed by atoms with van der Waals surface area (Å²) in [5.41, 5.74) is 4.99. The second kappa shape index (κ2) is 14.9. The topological polar surface area (TPSA) is 168 Å². The maximum Gasteiger partial charge on any atom is 0.321 e. The van der Waals surface area contributed by atoms with E-state index in [4.69, 9.17) is 14.0 Å². The van der Waals surface area contributed by atoms with E-state index in [0.717, 1.165) is 21.7 Å². The van der Waals surface area contributed by atoms with Gasteiger partial charge in [0.2, 0.25) is 11.8 Å². The Morgan fingerprint density at radius 1 is 1.13 bits per heavy atom. The molecular formula is C33H43N5O8S. The molecule has 4 heterocycles. The molecule has 2 fully saturated rings. The van der Waals surface area contributed by atoms with Gasteiger partial charge in [0.15, 0.2) is 0 Å². The first-order valence-corrected chi connectivity index (χ1v) is 16.7. The number of nitrogens with one attached hydrogen (secondary N) is 1. The van der Waals surface area contributed by atoms with Crippen LogP contribution in [0.3, 0.4) is 0 Å². The molecule has 0 bridgehead atoms. The van der Waals surface area contributed by atoms with Crippen molar-refractivity contribution in [2.24, 2.45) is 5.92 Å². The Balaban J connectivity index is 1.26. The van der Waals surface area contributed by atoms with E-state index >= 15 is 0 Å². The third-order valence-electron chi connectivity index (χ3n) is 8.77. The second-order valence-corrected chi connectivity index (χ2v) is 13.5. The number of aliphatic carboxylic acids is 1. The van der Waals surface area contributed by atoms with Crippen molar-refractivity contribution < 1.29 is 38.6 Å². The molecule has 2 aromatic heterocycles. The molecule has 14 heteroatoms. The van der Waals surface area contributed by atoms with Crippen LogP contribution < -0.4 is 10.1 Å². The Bertz CT molecular complexity index is 1570. The highest BCUT2D eigenvalue weighted by atomic mass is 32.1. The lowest BCUT2D eigenvalue weighted by Crippen LogP contribution is -2.48. The summed E-state index contributed by atoms with van der Waals surface area (Å²) in [6.45, 7) is 8.73. The number of hydrogen-bond donors (Lipinski definition) is 3. The van der Waals surface area contributed by atoms with Crippen molar-refractivity contribution in [3.8, 4) is 16.2 Å². The summed E-state index contributed by atoms with van der Waals surface area (Å²) >= 11 is 1.52. The van der Waals surface area contributed by atoms with E-state index in [1.807, 2.05) is 39.0 Å². The first kappa shape index (κ1) is 34.5. The van der Waals surface area contributed by atoms with E-state index in [2.05, 4.69) is 15.5 Å². The van der Waals surface area contributed by atoms with E-state index in [9.17, 15) is 24.6 Å². The minimum atomic E-state index is -0.860. The number of aryl methyl sites for hydroxylation is 2.